The van der Waals surface area contributed by atoms with Gasteiger partial charge in [0.2, 0.25) is 12.1 Å². The number of amides is 1. The minimum atomic E-state index is -2.22. The molecule has 0 saturated heterocycles. The number of halogens is 2. The second-order valence-corrected chi connectivity index (χ2v) is 4.35. The molecular formula is C10H7BrFNO3. The molecule has 2 atom stereocenters. The zero-order chi connectivity index (χ0) is 11.9. The summed E-state index contributed by atoms with van der Waals surface area (Å²) in [4.78, 5) is 22.0. The van der Waals surface area contributed by atoms with E-state index >= 15 is 0 Å². The minimum absolute atomic E-state index is 0.378. The van der Waals surface area contributed by atoms with Crippen LogP contribution >= 0.6 is 15.9 Å². The van der Waals surface area contributed by atoms with E-state index in [1.807, 2.05) is 0 Å². The molecule has 0 fully saturated rings. The van der Waals surface area contributed by atoms with Gasteiger partial charge < -0.3 is 10.4 Å². The molecule has 0 saturated carbocycles. The number of aliphatic carboxylic acids is 1. The van der Waals surface area contributed by atoms with Crippen molar-refractivity contribution in [3.05, 3.63) is 28.2 Å². The number of hydrogen-bond acceptors (Lipinski definition) is 2. The molecular weight excluding hydrogens is 281 g/mol. The zero-order valence-electron chi connectivity index (χ0n) is 7.91. The van der Waals surface area contributed by atoms with Gasteiger partial charge in [-0.1, -0.05) is 22.0 Å². The van der Waals surface area contributed by atoms with E-state index in [-0.39, 0.29) is 0 Å². The smallest absolute Gasteiger partial charge is 0.339 e. The molecule has 1 aromatic rings. The Morgan fingerprint density at radius 1 is 1.56 bits per heavy atom. The Balaban J connectivity index is 2.44. The van der Waals surface area contributed by atoms with E-state index in [4.69, 9.17) is 5.11 Å². The summed E-state index contributed by atoms with van der Waals surface area (Å²) in [5.74, 6) is -3.51. The molecule has 0 aliphatic carbocycles. The van der Waals surface area contributed by atoms with Crippen molar-refractivity contribution in [1.29, 1.82) is 0 Å². The summed E-state index contributed by atoms with van der Waals surface area (Å²) < 4.78 is 14.1. The summed E-state index contributed by atoms with van der Waals surface area (Å²) in [5, 5.41) is 11.0. The van der Waals surface area contributed by atoms with Crippen molar-refractivity contribution >= 4 is 33.5 Å². The Kier molecular flexibility index (Phi) is 2.67. The average Bonchev–Trinajstić information content (AvgIpc) is 2.51. The number of hydrogen-bond donors (Lipinski definition) is 2. The van der Waals surface area contributed by atoms with Gasteiger partial charge in [-0.15, -0.1) is 0 Å². The van der Waals surface area contributed by atoms with Crippen LogP contribution in [0, 0.1) is 0 Å². The van der Waals surface area contributed by atoms with Gasteiger partial charge in [-0.3, -0.25) is 4.79 Å². The lowest BCUT2D eigenvalue weighted by Crippen LogP contribution is -2.28. The summed E-state index contributed by atoms with van der Waals surface area (Å²) in [7, 11) is 0. The van der Waals surface area contributed by atoms with E-state index in [1.54, 1.807) is 12.1 Å². The van der Waals surface area contributed by atoms with Crippen LogP contribution in [0.2, 0.25) is 0 Å². The SMILES string of the molecule is O=C(O)C(F)C1C(=O)Nc2cc(Br)ccc21. The van der Waals surface area contributed by atoms with Gasteiger partial charge in [0.05, 0.1) is 0 Å². The highest BCUT2D eigenvalue weighted by Gasteiger charge is 2.41. The van der Waals surface area contributed by atoms with Gasteiger partial charge in [0.15, 0.2) is 0 Å². The molecule has 1 heterocycles. The molecule has 1 amide bonds. The van der Waals surface area contributed by atoms with Gasteiger partial charge in [0.1, 0.15) is 5.92 Å². The number of carboxylic acid groups (broad SMARTS) is 1. The lowest BCUT2D eigenvalue weighted by molar-refractivity contribution is -0.145. The van der Waals surface area contributed by atoms with Gasteiger partial charge in [-0.25, -0.2) is 9.18 Å². The van der Waals surface area contributed by atoms with E-state index < -0.39 is 24.0 Å². The zero-order valence-corrected chi connectivity index (χ0v) is 9.49. The van der Waals surface area contributed by atoms with Crippen LogP contribution in [-0.4, -0.2) is 23.2 Å². The summed E-state index contributed by atoms with van der Waals surface area (Å²) in [6, 6.07) is 4.79. The topological polar surface area (TPSA) is 66.4 Å². The van der Waals surface area contributed by atoms with Crippen molar-refractivity contribution in [1.82, 2.24) is 0 Å². The lowest BCUT2D eigenvalue weighted by Gasteiger charge is -2.09. The van der Waals surface area contributed by atoms with E-state index in [2.05, 4.69) is 21.2 Å². The Labute approximate surface area is 98.6 Å². The molecule has 0 bridgehead atoms. The van der Waals surface area contributed by atoms with E-state index in [0.29, 0.717) is 11.3 Å². The highest BCUT2D eigenvalue weighted by atomic mass is 79.9. The third kappa shape index (κ3) is 1.69. The van der Waals surface area contributed by atoms with Crippen molar-refractivity contribution in [2.24, 2.45) is 0 Å². The average molecular weight is 288 g/mol. The van der Waals surface area contributed by atoms with Crippen LogP contribution in [0.1, 0.15) is 11.5 Å². The van der Waals surface area contributed by atoms with Gasteiger partial charge in [-0.2, -0.15) is 0 Å². The Morgan fingerprint density at radius 2 is 2.25 bits per heavy atom. The summed E-state index contributed by atoms with van der Waals surface area (Å²) in [6.45, 7) is 0. The van der Waals surface area contributed by atoms with Crippen molar-refractivity contribution in [3.8, 4) is 0 Å². The van der Waals surface area contributed by atoms with E-state index in [1.165, 1.54) is 6.07 Å². The molecule has 4 nitrogen and oxygen atoms in total. The van der Waals surface area contributed by atoms with Crippen molar-refractivity contribution in [2.75, 3.05) is 5.32 Å². The van der Waals surface area contributed by atoms with E-state index in [0.717, 1.165) is 4.47 Å². The molecule has 1 aromatic carbocycles. The van der Waals surface area contributed by atoms with Crippen LogP contribution in [-0.2, 0) is 9.59 Å². The van der Waals surface area contributed by atoms with Gasteiger partial charge in [-0.05, 0) is 17.7 Å². The van der Waals surface area contributed by atoms with Crippen LogP contribution in [0.3, 0.4) is 0 Å². The summed E-state index contributed by atoms with van der Waals surface area (Å²) in [6.07, 6.45) is -2.22. The normalized spacial score (nSPS) is 20.1. The monoisotopic (exact) mass is 287 g/mol. The van der Waals surface area contributed by atoms with Crippen LogP contribution in [0.4, 0.5) is 10.1 Å². The number of carboxylic acids is 1. The molecule has 0 radical (unpaired) electrons. The molecule has 1 aliphatic rings. The molecule has 2 unspecified atom stereocenters. The number of nitrogens with one attached hydrogen (secondary N) is 1. The first kappa shape index (κ1) is 11.1. The third-order valence-corrected chi connectivity index (χ3v) is 2.91. The highest BCUT2D eigenvalue weighted by molar-refractivity contribution is 9.10. The lowest BCUT2D eigenvalue weighted by atomic mass is 9.96. The maximum Gasteiger partial charge on any atom is 0.339 e. The van der Waals surface area contributed by atoms with Crippen LogP contribution in [0.25, 0.3) is 0 Å². The van der Waals surface area contributed by atoms with Crippen molar-refractivity contribution in [2.45, 2.75) is 12.1 Å². The number of fused-ring (bicyclic) bond motifs is 1. The minimum Gasteiger partial charge on any atom is -0.479 e. The molecule has 2 N–H and O–H groups in total. The van der Waals surface area contributed by atoms with Crippen LogP contribution in [0.5, 0.6) is 0 Å². The fourth-order valence-electron chi connectivity index (χ4n) is 1.69. The number of carbonyl (C=O) groups excluding carboxylic acids is 1. The fourth-order valence-corrected chi connectivity index (χ4v) is 2.05. The number of rotatable bonds is 2. The molecule has 84 valence electrons. The molecule has 1 aliphatic heterocycles. The van der Waals surface area contributed by atoms with Gasteiger partial charge in [0.25, 0.3) is 0 Å². The Bertz CT molecular complexity index is 477. The molecule has 2 rings (SSSR count). The first-order chi connectivity index (χ1) is 7.50. The summed E-state index contributed by atoms with van der Waals surface area (Å²) >= 11 is 3.21. The quantitative estimate of drug-likeness (QED) is 0.873. The number of anilines is 1. The second kappa shape index (κ2) is 3.86. The maximum atomic E-state index is 13.4. The van der Waals surface area contributed by atoms with Crippen LogP contribution < -0.4 is 5.32 Å². The first-order valence-corrected chi connectivity index (χ1v) is 5.27. The second-order valence-electron chi connectivity index (χ2n) is 3.44. The summed E-state index contributed by atoms with van der Waals surface area (Å²) in [5.41, 5.74) is 0.830. The van der Waals surface area contributed by atoms with Gasteiger partial charge in [0, 0.05) is 10.2 Å². The first-order valence-electron chi connectivity index (χ1n) is 4.48. The van der Waals surface area contributed by atoms with E-state index in [9.17, 15) is 14.0 Å². The predicted octanol–water partition coefficient (Wildman–Crippen LogP) is 1.91. The van der Waals surface area contributed by atoms with Crippen molar-refractivity contribution < 1.29 is 19.1 Å². The number of carbonyl (C=O) groups is 2. The van der Waals surface area contributed by atoms with Crippen LogP contribution in [0.15, 0.2) is 22.7 Å². The standard InChI is InChI=1S/C10H7BrFNO3/c11-4-1-2-5-6(3-4)13-9(14)7(5)8(12)10(15)16/h1-3,7-8H,(H,13,14)(H,15,16). The molecule has 0 aromatic heterocycles. The Hall–Kier alpha value is -1.43. The van der Waals surface area contributed by atoms with Crippen molar-refractivity contribution in [3.63, 3.8) is 0 Å². The number of benzene rings is 1. The third-order valence-electron chi connectivity index (χ3n) is 2.42. The number of alkyl halides is 1. The van der Waals surface area contributed by atoms with Gasteiger partial charge >= 0.3 is 5.97 Å². The highest BCUT2D eigenvalue weighted by Crippen LogP contribution is 2.37. The molecule has 16 heavy (non-hydrogen) atoms. The fraction of sp³-hybridized carbons (Fsp3) is 0.200. The maximum absolute atomic E-state index is 13.4. The Morgan fingerprint density at radius 3 is 2.88 bits per heavy atom. The molecule has 6 heteroatoms. The molecule has 0 spiro atoms. The largest absolute Gasteiger partial charge is 0.479 e. The predicted molar refractivity (Wildman–Crippen MR) is 58.0 cm³/mol.